The zero-order valence-corrected chi connectivity index (χ0v) is 9.17. The molecule has 0 aliphatic heterocycles. The van der Waals surface area contributed by atoms with Gasteiger partial charge in [-0.25, -0.2) is 0 Å². The first-order valence-electron chi connectivity index (χ1n) is 4.13. The quantitative estimate of drug-likeness (QED) is 0.618. The standard InChI is InChI=1S/C10H14N2O.ClH/c1-12(2)10(11)8-13-9-6-4-3-5-7-9;/h3-7,11H,8H2,1-2H3;1H. The summed E-state index contributed by atoms with van der Waals surface area (Å²) >= 11 is 0. The van der Waals surface area contributed by atoms with E-state index in [4.69, 9.17) is 10.1 Å². The molecule has 0 saturated carbocycles. The predicted octanol–water partition coefficient (Wildman–Crippen LogP) is 2.03. The number of ether oxygens (including phenoxy) is 1. The summed E-state index contributed by atoms with van der Waals surface area (Å²) in [5, 5.41) is 7.49. The van der Waals surface area contributed by atoms with Gasteiger partial charge in [-0.3, -0.25) is 5.41 Å². The summed E-state index contributed by atoms with van der Waals surface area (Å²) in [6, 6.07) is 9.51. The molecule has 0 saturated heterocycles. The van der Waals surface area contributed by atoms with Crippen molar-refractivity contribution in [2.24, 2.45) is 0 Å². The Bertz CT molecular complexity index is 275. The Balaban J connectivity index is 0.00000169. The van der Waals surface area contributed by atoms with Gasteiger partial charge in [0.2, 0.25) is 0 Å². The molecule has 78 valence electrons. The third-order valence-electron chi connectivity index (χ3n) is 1.66. The fourth-order valence-corrected chi connectivity index (χ4v) is 0.798. The maximum Gasteiger partial charge on any atom is 0.145 e. The van der Waals surface area contributed by atoms with Gasteiger partial charge in [0.05, 0.1) is 0 Å². The van der Waals surface area contributed by atoms with Crippen LogP contribution in [-0.4, -0.2) is 31.4 Å². The molecule has 1 aromatic rings. The smallest absolute Gasteiger partial charge is 0.145 e. The molecule has 0 spiro atoms. The highest BCUT2D eigenvalue weighted by atomic mass is 35.5. The fraction of sp³-hybridized carbons (Fsp3) is 0.300. The van der Waals surface area contributed by atoms with Crippen LogP contribution < -0.4 is 4.74 Å². The number of likely N-dealkylation sites (N-methyl/N-ethyl adjacent to an activating group) is 1. The average molecular weight is 215 g/mol. The Kier molecular flexibility index (Phi) is 5.72. The summed E-state index contributed by atoms with van der Waals surface area (Å²) in [4.78, 5) is 1.73. The minimum absolute atomic E-state index is 0. The van der Waals surface area contributed by atoms with Gasteiger partial charge in [0.15, 0.2) is 0 Å². The molecule has 0 atom stereocenters. The van der Waals surface area contributed by atoms with Crippen LogP contribution in [0.1, 0.15) is 0 Å². The van der Waals surface area contributed by atoms with E-state index in [1.807, 2.05) is 44.4 Å². The Morgan fingerprint density at radius 2 is 1.86 bits per heavy atom. The van der Waals surface area contributed by atoms with Gasteiger partial charge >= 0.3 is 0 Å². The Hall–Kier alpha value is -1.22. The van der Waals surface area contributed by atoms with Crippen LogP contribution in [0.2, 0.25) is 0 Å². The molecule has 1 aromatic carbocycles. The Morgan fingerprint density at radius 1 is 1.29 bits per heavy atom. The molecule has 14 heavy (non-hydrogen) atoms. The number of benzene rings is 1. The van der Waals surface area contributed by atoms with Crippen molar-refractivity contribution in [3.05, 3.63) is 30.3 Å². The molecule has 0 aromatic heterocycles. The summed E-state index contributed by atoms with van der Waals surface area (Å²) < 4.78 is 5.36. The lowest BCUT2D eigenvalue weighted by molar-refractivity contribution is 0.358. The first-order valence-corrected chi connectivity index (χ1v) is 4.13. The van der Waals surface area contributed by atoms with E-state index in [9.17, 15) is 0 Å². The van der Waals surface area contributed by atoms with Crippen LogP contribution in [0, 0.1) is 5.41 Å². The largest absolute Gasteiger partial charge is 0.486 e. The summed E-state index contributed by atoms with van der Waals surface area (Å²) in [7, 11) is 3.66. The van der Waals surface area contributed by atoms with Gasteiger partial charge in [0, 0.05) is 14.1 Å². The zero-order chi connectivity index (χ0) is 9.68. The predicted molar refractivity (Wildman–Crippen MR) is 60.6 cm³/mol. The number of halogens is 1. The first kappa shape index (κ1) is 12.8. The maximum atomic E-state index is 7.49. The van der Waals surface area contributed by atoms with E-state index in [1.165, 1.54) is 0 Å². The SMILES string of the molecule is CN(C)C(=N)COc1ccccc1.Cl. The van der Waals surface area contributed by atoms with Crippen molar-refractivity contribution in [2.45, 2.75) is 0 Å². The average Bonchev–Trinajstić information content (AvgIpc) is 2.15. The van der Waals surface area contributed by atoms with Crippen LogP contribution in [0.15, 0.2) is 30.3 Å². The lowest BCUT2D eigenvalue weighted by atomic mass is 10.3. The Labute approximate surface area is 90.6 Å². The van der Waals surface area contributed by atoms with Crippen molar-refractivity contribution >= 4 is 18.2 Å². The molecule has 0 amide bonds. The van der Waals surface area contributed by atoms with Crippen molar-refractivity contribution in [2.75, 3.05) is 20.7 Å². The molecule has 0 bridgehead atoms. The molecular formula is C10H15ClN2O. The van der Waals surface area contributed by atoms with E-state index in [1.54, 1.807) is 4.90 Å². The summed E-state index contributed by atoms with van der Waals surface area (Å²) in [5.41, 5.74) is 0. The minimum Gasteiger partial charge on any atom is -0.486 e. The van der Waals surface area contributed by atoms with Crippen molar-refractivity contribution in [1.29, 1.82) is 5.41 Å². The highest BCUT2D eigenvalue weighted by Crippen LogP contribution is 2.07. The number of amidine groups is 1. The third kappa shape index (κ3) is 4.14. The van der Waals surface area contributed by atoms with Gasteiger partial charge in [-0.15, -0.1) is 12.4 Å². The molecule has 0 radical (unpaired) electrons. The lowest BCUT2D eigenvalue weighted by Crippen LogP contribution is -2.26. The highest BCUT2D eigenvalue weighted by molar-refractivity contribution is 5.85. The number of para-hydroxylation sites is 1. The van der Waals surface area contributed by atoms with E-state index in [-0.39, 0.29) is 12.4 Å². The van der Waals surface area contributed by atoms with E-state index in [0.717, 1.165) is 5.75 Å². The van der Waals surface area contributed by atoms with Crippen LogP contribution in [0.25, 0.3) is 0 Å². The van der Waals surface area contributed by atoms with Crippen molar-refractivity contribution in [1.82, 2.24) is 4.90 Å². The van der Waals surface area contributed by atoms with Crippen LogP contribution >= 0.6 is 12.4 Å². The summed E-state index contributed by atoms with van der Waals surface area (Å²) in [6.45, 7) is 0.316. The van der Waals surface area contributed by atoms with Gasteiger partial charge < -0.3 is 9.64 Å². The number of nitrogens with zero attached hydrogens (tertiary/aromatic N) is 1. The van der Waals surface area contributed by atoms with Gasteiger partial charge in [0.1, 0.15) is 18.2 Å². The van der Waals surface area contributed by atoms with Gasteiger partial charge in [-0.1, -0.05) is 18.2 Å². The van der Waals surface area contributed by atoms with Crippen LogP contribution in [-0.2, 0) is 0 Å². The van der Waals surface area contributed by atoms with Crippen LogP contribution in [0.5, 0.6) is 5.75 Å². The summed E-state index contributed by atoms with van der Waals surface area (Å²) in [5.74, 6) is 1.26. The van der Waals surface area contributed by atoms with Gasteiger partial charge in [0.25, 0.3) is 0 Å². The number of nitrogens with one attached hydrogen (secondary N) is 1. The molecule has 0 fully saturated rings. The van der Waals surface area contributed by atoms with E-state index < -0.39 is 0 Å². The van der Waals surface area contributed by atoms with Crippen LogP contribution in [0.4, 0.5) is 0 Å². The van der Waals surface area contributed by atoms with Crippen molar-refractivity contribution < 1.29 is 4.74 Å². The van der Waals surface area contributed by atoms with E-state index in [2.05, 4.69) is 0 Å². The Morgan fingerprint density at radius 3 is 2.36 bits per heavy atom. The van der Waals surface area contributed by atoms with E-state index >= 15 is 0 Å². The molecule has 0 heterocycles. The van der Waals surface area contributed by atoms with Gasteiger partial charge in [-0.05, 0) is 12.1 Å². The van der Waals surface area contributed by atoms with Crippen LogP contribution in [0.3, 0.4) is 0 Å². The van der Waals surface area contributed by atoms with Crippen molar-refractivity contribution in [3.8, 4) is 5.75 Å². The number of hydrogen-bond acceptors (Lipinski definition) is 2. The molecule has 3 nitrogen and oxygen atoms in total. The second-order valence-electron chi connectivity index (χ2n) is 2.94. The van der Waals surface area contributed by atoms with Gasteiger partial charge in [-0.2, -0.15) is 0 Å². The fourth-order valence-electron chi connectivity index (χ4n) is 0.798. The second kappa shape index (κ2) is 6.27. The second-order valence-corrected chi connectivity index (χ2v) is 2.94. The summed E-state index contributed by atoms with van der Waals surface area (Å²) in [6.07, 6.45) is 0. The number of rotatable bonds is 3. The molecule has 1 N–H and O–H groups in total. The molecule has 4 heteroatoms. The molecule has 0 aliphatic carbocycles. The molecular weight excluding hydrogens is 200 g/mol. The normalized spacial score (nSPS) is 8.71. The molecule has 1 rings (SSSR count). The van der Waals surface area contributed by atoms with Crippen molar-refractivity contribution in [3.63, 3.8) is 0 Å². The topological polar surface area (TPSA) is 36.3 Å². The lowest BCUT2D eigenvalue weighted by Gasteiger charge is -2.13. The maximum absolute atomic E-state index is 7.49. The molecule has 0 unspecified atom stereocenters. The number of hydrogen-bond donors (Lipinski definition) is 1. The molecule has 0 aliphatic rings. The third-order valence-corrected chi connectivity index (χ3v) is 1.66. The first-order chi connectivity index (χ1) is 6.20. The van der Waals surface area contributed by atoms with E-state index in [0.29, 0.717) is 12.4 Å². The monoisotopic (exact) mass is 214 g/mol. The highest BCUT2D eigenvalue weighted by Gasteiger charge is 1.99. The zero-order valence-electron chi connectivity index (χ0n) is 8.36. The minimum atomic E-state index is 0.